The molecule has 0 bridgehead atoms. The zero-order valence-electron chi connectivity index (χ0n) is 13.5. The number of amides is 1. The standard InChI is InChI=1S/C15H27N3O/c1-9-17(14(3,4)5)13(19)12-10-11(2)16-18(12)15(6,7)8/h10H,9H2,1-8H3. The molecule has 0 N–H and O–H groups in total. The Hall–Kier alpha value is -1.32. The zero-order valence-corrected chi connectivity index (χ0v) is 13.5. The maximum Gasteiger partial charge on any atom is 0.272 e. The number of hydrogen-bond acceptors (Lipinski definition) is 2. The highest BCUT2D eigenvalue weighted by atomic mass is 16.2. The fourth-order valence-corrected chi connectivity index (χ4v) is 2.22. The van der Waals surface area contributed by atoms with Crippen LogP contribution in [0.25, 0.3) is 0 Å². The van der Waals surface area contributed by atoms with Crippen LogP contribution < -0.4 is 0 Å². The highest BCUT2D eigenvalue weighted by molar-refractivity contribution is 5.93. The average Bonchev–Trinajstić information content (AvgIpc) is 2.58. The van der Waals surface area contributed by atoms with E-state index in [9.17, 15) is 4.79 Å². The lowest BCUT2D eigenvalue weighted by atomic mass is 10.0. The molecule has 0 aromatic carbocycles. The first-order valence-electron chi connectivity index (χ1n) is 6.87. The Balaban J connectivity index is 3.27. The molecule has 0 atom stereocenters. The third-order valence-corrected chi connectivity index (χ3v) is 3.06. The predicted octanol–water partition coefficient (Wildman–Crippen LogP) is 3.21. The van der Waals surface area contributed by atoms with E-state index in [4.69, 9.17) is 0 Å². The molecule has 1 heterocycles. The summed E-state index contributed by atoms with van der Waals surface area (Å²) in [7, 11) is 0. The van der Waals surface area contributed by atoms with Crippen molar-refractivity contribution < 1.29 is 4.79 Å². The third kappa shape index (κ3) is 3.37. The van der Waals surface area contributed by atoms with Crippen molar-refractivity contribution in [2.75, 3.05) is 6.54 Å². The normalized spacial score (nSPS) is 12.6. The molecule has 0 aliphatic rings. The van der Waals surface area contributed by atoms with Crippen LogP contribution in [-0.4, -0.2) is 32.7 Å². The van der Waals surface area contributed by atoms with Crippen molar-refractivity contribution in [1.82, 2.24) is 14.7 Å². The van der Waals surface area contributed by atoms with Crippen molar-refractivity contribution in [3.63, 3.8) is 0 Å². The quantitative estimate of drug-likeness (QED) is 0.823. The zero-order chi connectivity index (χ0) is 15.0. The van der Waals surface area contributed by atoms with Gasteiger partial charge in [0.1, 0.15) is 5.69 Å². The monoisotopic (exact) mass is 265 g/mol. The van der Waals surface area contributed by atoms with Crippen LogP contribution in [-0.2, 0) is 5.54 Å². The molecular formula is C15H27N3O. The van der Waals surface area contributed by atoms with Crippen LogP contribution in [0.15, 0.2) is 6.07 Å². The number of nitrogens with zero attached hydrogens (tertiary/aromatic N) is 3. The van der Waals surface area contributed by atoms with Gasteiger partial charge in [-0.2, -0.15) is 5.10 Å². The number of carbonyl (C=O) groups is 1. The van der Waals surface area contributed by atoms with Gasteiger partial charge < -0.3 is 4.90 Å². The van der Waals surface area contributed by atoms with Gasteiger partial charge in [-0.1, -0.05) is 0 Å². The first kappa shape index (κ1) is 15.7. The lowest BCUT2D eigenvalue weighted by Crippen LogP contribution is -2.46. The van der Waals surface area contributed by atoms with Crippen molar-refractivity contribution in [1.29, 1.82) is 0 Å². The lowest BCUT2D eigenvalue weighted by Gasteiger charge is -2.35. The summed E-state index contributed by atoms with van der Waals surface area (Å²) in [6, 6.07) is 1.88. The summed E-state index contributed by atoms with van der Waals surface area (Å²) < 4.78 is 1.83. The maximum absolute atomic E-state index is 12.8. The predicted molar refractivity (Wildman–Crippen MR) is 78.4 cm³/mol. The van der Waals surface area contributed by atoms with Gasteiger partial charge in [0.15, 0.2) is 0 Å². The van der Waals surface area contributed by atoms with Crippen LogP contribution in [0.1, 0.15) is 64.6 Å². The summed E-state index contributed by atoms with van der Waals surface area (Å²) in [6.07, 6.45) is 0. The summed E-state index contributed by atoms with van der Waals surface area (Å²) in [4.78, 5) is 14.6. The van der Waals surface area contributed by atoms with Crippen LogP contribution in [0.5, 0.6) is 0 Å². The highest BCUT2D eigenvalue weighted by Crippen LogP contribution is 2.22. The van der Waals surface area contributed by atoms with Crippen LogP contribution in [0, 0.1) is 6.92 Å². The van der Waals surface area contributed by atoms with E-state index in [0.29, 0.717) is 12.2 Å². The Bertz CT molecular complexity index is 461. The number of carbonyl (C=O) groups excluding carboxylic acids is 1. The Morgan fingerprint density at radius 2 is 1.79 bits per heavy atom. The Labute approximate surface area is 116 Å². The summed E-state index contributed by atoms with van der Waals surface area (Å²) in [6.45, 7) is 17.0. The van der Waals surface area contributed by atoms with Crippen LogP contribution in [0.3, 0.4) is 0 Å². The Morgan fingerprint density at radius 1 is 1.26 bits per heavy atom. The van der Waals surface area contributed by atoms with Gasteiger partial charge in [-0.3, -0.25) is 9.48 Å². The summed E-state index contributed by atoms with van der Waals surface area (Å²) in [5.41, 5.74) is 1.16. The van der Waals surface area contributed by atoms with Crippen molar-refractivity contribution in [3.8, 4) is 0 Å². The third-order valence-electron chi connectivity index (χ3n) is 3.06. The molecule has 0 aliphatic heterocycles. The summed E-state index contributed by atoms with van der Waals surface area (Å²) >= 11 is 0. The van der Waals surface area contributed by atoms with E-state index >= 15 is 0 Å². The van der Waals surface area contributed by atoms with Crippen molar-refractivity contribution >= 4 is 5.91 Å². The van der Waals surface area contributed by atoms with Gasteiger partial charge in [-0.15, -0.1) is 0 Å². The SMILES string of the molecule is CCN(C(=O)c1cc(C)nn1C(C)(C)C)C(C)(C)C. The van der Waals surface area contributed by atoms with Crippen LogP contribution in [0.2, 0.25) is 0 Å². The number of aryl methyl sites for hydroxylation is 1. The molecule has 0 radical (unpaired) electrons. The molecule has 0 fully saturated rings. The number of hydrogen-bond donors (Lipinski definition) is 0. The van der Waals surface area contributed by atoms with Gasteiger partial charge in [0.05, 0.1) is 11.2 Å². The Kier molecular flexibility index (Phi) is 4.13. The van der Waals surface area contributed by atoms with Gasteiger partial charge in [0.25, 0.3) is 5.91 Å². The molecule has 0 spiro atoms. The van der Waals surface area contributed by atoms with Crippen molar-refractivity contribution in [3.05, 3.63) is 17.5 Å². The van der Waals surface area contributed by atoms with Crippen molar-refractivity contribution in [2.24, 2.45) is 0 Å². The van der Waals surface area contributed by atoms with Gasteiger partial charge in [0.2, 0.25) is 0 Å². The molecule has 0 unspecified atom stereocenters. The lowest BCUT2D eigenvalue weighted by molar-refractivity contribution is 0.0578. The van der Waals surface area contributed by atoms with Crippen molar-refractivity contribution in [2.45, 2.75) is 66.5 Å². The highest BCUT2D eigenvalue weighted by Gasteiger charge is 2.30. The molecule has 0 saturated heterocycles. The molecule has 108 valence electrons. The fourth-order valence-electron chi connectivity index (χ4n) is 2.22. The molecule has 1 aromatic heterocycles. The van der Waals surface area contributed by atoms with E-state index in [1.54, 1.807) is 0 Å². The second-order valence-electron chi connectivity index (χ2n) is 6.97. The summed E-state index contributed by atoms with van der Waals surface area (Å²) in [5, 5.41) is 4.47. The van der Waals surface area contributed by atoms with Gasteiger partial charge >= 0.3 is 0 Å². The molecule has 4 nitrogen and oxygen atoms in total. The minimum atomic E-state index is -0.198. The molecule has 1 amide bonds. The first-order chi connectivity index (χ1) is 8.48. The molecule has 4 heteroatoms. The van der Waals surface area contributed by atoms with E-state index in [-0.39, 0.29) is 17.0 Å². The van der Waals surface area contributed by atoms with Crippen LogP contribution in [0.4, 0.5) is 0 Å². The largest absolute Gasteiger partial charge is 0.333 e. The maximum atomic E-state index is 12.8. The molecular weight excluding hydrogens is 238 g/mol. The molecule has 0 saturated carbocycles. The van der Waals surface area contributed by atoms with E-state index in [0.717, 1.165) is 5.69 Å². The smallest absolute Gasteiger partial charge is 0.272 e. The second kappa shape index (κ2) is 4.99. The first-order valence-corrected chi connectivity index (χ1v) is 6.87. The van der Waals surface area contributed by atoms with Gasteiger partial charge in [-0.25, -0.2) is 0 Å². The minimum absolute atomic E-state index is 0.0468. The molecule has 1 aromatic rings. The second-order valence-corrected chi connectivity index (χ2v) is 6.97. The number of rotatable bonds is 2. The van der Waals surface area contributed by atoms with Gasteiger partial charge in [0, 0.05) is 12.1 Å². The fraction of sp³-hybridized carbons (Fsp3) is 0.733. The molecule has 0 aliphatic carbocycles. The number of aromatic nitrogens is 2. The minimum Gasteiger partial charge on any atom is -0.333 e. The molecule has 1 rings (SSSR count). The summed E-state index contributed by atoms with van der Waals surface area (Å²) in [5.74, 6) is 0.0468. The van der Waals surface area contributed by atoms with E-state index in [1.165, 1.54) is 0 Å². The topological polar surface area (TPSA) is 38.1 Å². The average molecular weight is 265 g/mol. The Morgan fingerprint density at radius 3 is 2.16 bits per heavy atom. The van der Waals surface area contributed by atoms with Gasteiger partial charge in [-0.05, 0) is 61.5 Å². The van der Waals surface area contributed by atoms with E-state index in [2.05, 4.69) is 46.6 Å². The van der Waals surface area contributed by atoms with Crippen LogP contribution >= 0.6 is 0 Å². The van der Waals surface area contributed by atoms with E-state index < -0.39 is 0 Å². The molecule has 19 heavy (non-hydrogen) atoms. The van der Waals surface area contributed by atoms with E-state index in [1.807, 2.05) is 29.5 Å².